The maximum Gasteiger partial charge on any atom is 0.367 e. The highest BCUT2D eigenvalue weighted by Crippen LogP contribution is 2.11. The quantitative estimate of drug-likeness (QED) is 0.401. The number of benzene rings is 1. The van der Waals surface area contributed by atoms with E-state index in [0.29, 0.717) is 5.02 Å². The molecule has 0 bridgehead atoms. The number of aliphatic carboxylic acids is 1. The Kier molecular flexibility index (Phi) is 5.40. The van der Waals surface area contributed by atoms with Gasteiger partial charge in [-0.1, -0.05) is 52.1 Å². The van der Waals surface area contributed by atoms with Gasteiger partial charge in [-0.05, 0) is 12.1 Å². The Bertz CT molecular complexity index is 484. The molecule has 0 atom stereocenters. The van der Waals surface area contributed by atoms with Crippen LogP contribution in [0.1, 0.15) is 5.56 Å². The summed E-state index contributed by atoms with van der Waals surface area (Å²) < 4.78 is 0. The van der Waals surface area contributed by atoms with Crippen LogP contribution in [0.4, 0.5) is 0 Å². The first-order chi connectivity index (χ1) is 8.41. The number of alkyl halides is 2. The highest BCUT2D eigenvalue weighted by atomic mass is 35.5. The van der Waals surface area contributed by atoms with Crippen LogP contribution in [-0.4, -0.2) is 27.6 Å². The summed E-state index contributed by atoms with van der Waals surface area (Å²) in [6.45, 7) is 0. The molecule has 1 aromatic rings. The third kappa shape index (κ3) is 4.18. The van der Waals surface area contributed by atoms with Gasteiger partial charge in [0.05, 0.1) is 0 Å². The van der Waals surface area contributed by atoms with Crippen molar-refractivity contribution in [1.82, 2.24) is 0 Å². The Hall–Kier alpha value is -1.30. The number of carbonyl (C=O) groups is 2. The van der Waals surface area contributed by atoms with E-state index in [1.165, 1.54) is 24.3 Å². The molecule has 96 valence electrons. The topological polar surface area (TPSA) is 76.0 Å². The van der Waals surface area contributed by atoms with Gasteiger partial charge in [0.25, 0.3) is 0 Å². The Morgan fingerprint density at radius 2 is 1.78 bits per heavy atom. The second kappa shape index (κ2) is 6.58. The third-order valence-electron chi connectivity index (χ3n) is 1.73. The van der Waals surface area contributed by atoms with Gasteiger partial charge in [-0.25, -0.2) is 9.59 Å². The fourth-order valence-electron chi connectivity index (χ4n) is 0.953. The smallest absolute Gasteiger partial charge is 0.367 e. The summed E-state index contributed by atoms with van der Waals surface area (Å²) in [4.78, 5) is 24.7. The average Bonchev–Trinajstić information content (AvgIpc) is 2.30. The third-order valence-corrected chi connectivity index (χ3v) is 2.33. The molecule has 0 heterocycles. The van der Waals surface area contributed by atoms with E-state index in [2.05, 4.69) is 9.99 Å². The molecule has 0 aliphatic carbocycles. The largest absolute Gasteiger partial charge is 0.476 e. The van der Waals surface area contributed by atoms with E-state index in [1.807, 2.05) is 0 Å². The maximum atomic E-state index is 10.9. The van der Waals surface area contributed by atoms with E-state index in [4.69, 9.17) is 39.9 Å². The summed E-state index contributed by atoms with van der Waals surface area (Å²) in [6, 6.07) is 5.79. The summed E-state index contributed by atoms with van der Waals surface area (Å²) in [5, 5.41) is 12.6. The van der Waals surface area contributed by atoms with Crippen LogP contribution in [-0.2, 0) is 14.4 Å². The van der Waals surface area contributed by atoms with E-state index in [0.717, 1.165) is 0 Å². The van der Waals surface area contributed by atoms with Crippen molar-refractivity contribution < 1.29 is 19.5 Å². The number of rotatable bonds is 4. The molecule has 0 amide bonds. The Morgan fingerprint density at radius 1 is 1.22 bits per heavy atom. The molecule has 0 fully saturated rings. The van der Waals surface area contributed by atoms with Gasteiger partial charge >= 0.3 is 11.9 Å². The second-order valence-corrected chi connectivity index (χ2v) is 4.50. The van der Waals surface area contributed by atoms with Gasteiger partial charge in [-0.2, -0.15) is 0 Å². The molecule has 0 aliphatic rings. The van der Waals surface area contributed by atoms with Crippen LogP contribution in [0.3, 0.4) is 0 Å². The molecule has 1 rings (SSSR count). The van der Waals surface area contributed by atoms with Gasteiger partial charge in [-0.15, -0.1) is 0 Å². The SMILES string of the molecule is O=C(O)/C(=N/OC(=O)C(Cl)Cl)c1ccc(Cl)cc1. The molecule has 18 heavy (non-hydrogen) atoms. The molecule has 0 spiro atoms. The molecule has 1 N–H and O–H groups in total. The first kappa shape index (κ1) is 14.8. The van der Waals surface area contributed by atoms with Gasteiger partial charge in [0.15, 0.2) is 5.71 Å². The van der Waals surface area contributed by atoms with Crippen LogP contribution in [0.25, 0.3) is 0 Å². The van der Waals surface area contributed by atoms with E-state index in [1.54, 1.807) is 0 Å². The van der Waals surface area contributed by atoms with E-state index in [9.17, 15) is 9.59 Å². The molecule has 0 aliphatic heterocycles. The fourth-order valence-corrected chi connectivity index (χ4v) is 1.16. The van der Waals surface area contributed by atoms with Crippen molar-refractivity contribution in [2.45, 2.75) is 4.84 Å². The van der Waals surface area contributed by atoms with Crippen molar-refractivity contribution in [3.05, 3.63) is 34.9 Å². The predicted molar refractivity (Wildman–Crippen MR) is 67.2 cm³/mol. The fraction of sp³-hybridized carbons (Fsp3) is 0.100. The van der Waals surface area contributed by atoms with Gasteiger partial charge in [-0.3, -0.25) is 0 Å². The van der Waals surface area contributed by atoms with Crippen molar-refractivity contribution in [2.24, 2.45) is 5.16 Å². The lowest BCUT2D eigenvalue weighted by molar-refractivity contribution is -0.141. The van der Waals surface area contributed by atoms with Crippen LogP contribution in [0.2, 0.25) is 5.02 Å². The van der Waals surface area contributed by atoms with Crippen molar-refractivity contribution in [2.75, 3.05) is 0 Å². The second-order valence-electron chi connectivity index (χ2n) is 2.96. The Morgan fingerprint density at radius 3 is 2.22 bits per heavy atom. The normalized spacial score (nSPS) is 11.4. The number of carbonyl (C=O) groups excluding carboxylic acids is 1. The molecule has 1 aromatic carbocycles. The Labute approximate surface area is 117 Å². The van der Waals surface area contributed by atoms with Crippen LogP contribution < -0.4 is 0 Å². The van der Waals surface area contributed by atoms with Gasteiger partial charge in [0, 0.05) is 10.6 Å². The first-order valence-corrected chi connectivity index (χ1v) is 5.73. The molecule has 8 heteroatoms. The molecule has 0 aromatic heterocycles. The molecule has 0 saturated heterocycles. The number of hydrogen-bond acceptors (Lipinski definition) is 4. The molecular formula is C10H6Cl3NO4. The zero-order valence-corrected chi connectivity index (χ0v) is 10.9. The number of oxime groups is 1. The number of halogens is 3. The zero-order chi connectivity index (χ0) is 13.7. The van der Waals surface area contributed by atoms with Gasteiger partial charge < -0.3 is 9.94 Å². The minimum atomic E-state index is -1.44. The van der Waals surface area contributed by atoms with Crippen LogP contribution in [0, 0.1) is 0 Å². The summed E-state index contributed by atoms with van der Waals surface area (Å²) in [7, 11) is 0. The number of hydrogen-bond donors (Lipinski definition) is 1. The van der Waals surface area contributed by atoms with Crippen molar-refractivity contribution >= 4 is 52.5 Å². The molecule has 0 unspecified atom stereocenters. The molecule has 5 nitrogen and oxygen atoms in total. The van der Waals surface area contributed by atoms with Crippen LogP contribution in [0.15, 0.2) is 29.4 Å². The van der Waals surface area contributed by atoms with Gasteiger partial charge in [0.2, 0.25) is 4.84 Å². The molecule has 0 saturated carbocycles. The number of nitrogens with zero attached hydrogens (tertiary/aromatic N) is 1. The van der Waals surface area contributed by atoms with Gasteiger partial charge in [0.1, 0.15) is 0 Å². The highest BCUT2D eigenvalue weighted by molar-refractivity contribution is 6.53. The van der Waals surface area contributed by atoms with Crippen molar-refractivity contribution in [3.8, 4) is 0 Å². The van der Waals surface area contributed by atoms with E-state index < -0.39 is 22.5 Å². The molecular weight excluding hydrogens is 304 g/mol. The van der Waals surface area contributed by atoms with E-state index >= 15 is 0 Å². The minimum absolute atomic E-state index is 0.223. The lowest BCUT2D eigenvalue weighted by Gasteiger charge is -2.02. The summed E-state index contributed by atoms with van der Waals surface area (Å²) in [6.07, 6.45) is 0. The first-order valence-electron chi connectivity index (χ1n) is 4.48. The summed E-state index contributed by atoms with van der Waals surface area (Å²) in [5.41, 5.74) is -0.241. The van der Waals surface area contributed by atoms with Crippen molar-refractivity contribution in [3.63, 3.8) is 0 Å². The Balaban J connectivity index is 2.96. The monoisotopic (exact) mass is 309 g/mol. The number of carboxylic acids is 1. The molecule has 0 radical (unpaired) electrons. The maximum absolute atomic E-state index is 10.9. The summed E-state index contributed by atoms with van der Waals surface area (Å²) in [5.74, 6) is -2.43. The van der Waals surface area contributed by atoms with Crippen LogP contribution >= 0.6 is 34.8 Å². The summed E-state index contributed by atoms with van der Waals surface area (Å²) >= 11 is 16.1. The zero-order valence-electron chi connectivity index (χ0n) is 8.64. The van der Waals surface area contributed by atoms with E-state index in [-0.39, 0.29) is 5.56 Å². The lowest BCUT2D eigenvalue weighted by atomic mass is 10.1. The van der Waals surface area contributed by atoms with Crippen LogP contribution in [0.5, 0.6) is 0 Å². The highest BCUT2D eigenvalue weighted by Gasteiger charge is 2.17. The lowest BCUT2D eigenvalue weighted by Crippen LogP contribution is -2.17. The standard InChI is InChI=1S/C10H6Cl3NO4/c11-6-3-1-5(2-4-6)7(9(15)16)14-18-10(17)8(12)13/h1-4,8H,(H,15,16)/b14-7+. The predicted octanol–water partition coefficient (Wildman–Crippen LogP) is 2.48. The number of carboxylic acid groups (broad SMARTS) is 1. The minimum Gasteiger partial charge on any atom is -0.476 e. The average molecular weight is 311 g/mol. The van der Waals surface area contributed by atoms with Crippen molar-refractivity contribution in [1.29, 1.82) is 0 Å².